The molecule has 1 aliphatic heterocycles. The summed E-state index contributed by atoms with van der Waals surface area (Å²) in [6, 6.07) is 20.7. The molecule has 5 rings (SSSR count). The van der Waals surface area contributed by atoms with Crippen LogP contribution in [0.25, 0.3) is 21.9 Å². The van der Waals surface area contributed by atoms with Crippen molar-refractivity contribution >= 4 is 49.3 Å². The molecule has 7 heteroatoms. The first kappa shape index (κ1) is 19.4. The van der Waals surface area contributed by atoms with Gasteiger partial charge in [-0.1, -0.05) is 41.9 Å². The van der Waals surface area contributed by atoms with Gasteiger partial charge < -0.3 is 9.73 Å². The molecule has 0 radical (unpaired) electrons. The summed E-state index contributed by atoms with van der Waals surface area (Å²) in [5, 5.41) is 6.02. The van der Waals surface area contributed by atoms with Crippen molar-refractivity contribution in [1.82, 2.24) is 4.31 Å². The molecule has 1 aromatic heterocycles. The monoisotopic (exact) mass is 440 g/mol. The number of furan rings is 1. The van der Waals surface area contributed by atoms with Crippen molar-refractivity contribution in [2.45, 2.75) is 23.8 Å². The quantitative estimate of drug-likeness (QED) is 0.454. The van der Waals surface area contributed by atoms with E-state index in [0.717, 1.165) is 34.9 Å². The summed E-state index contributed by atoms with van der Waals surface area (Å²) >= 11 is 6.22. The summed E-state index contributed by atoms with van der Waals surface area (Å²) in [6.07, 6.45) is 1.44. The number of rotatable bonds is 4. The fourth-order valence-electron chi connectivity index (χ4n) is 4.05. The molecule has 154 valence electrons. The van der Waals surface area contributed by atoms with Gasteiger partial charge in [-0.05, 0) is 43.2 Å². The topological polar surface area (TPSA) is 62.6 Å². The zero-order valence-electron chi connectivity index (χ0n) is 16.2. The van der Waals surface area contributed by atoms with Gasteiger partial charge in [0.05, 0.1) is 15.6 Å². The minimum atomic E-state index is -3.58. The van der Waals surface area contributed by atoms with E-state index in [-0.39, 0.29) is 10.9 Å². The molecule has 0 atom stereocenters. The third-order valence-electron chi connectivity index (χ3n) is 5.68. The number of nitrogens with one attached hydrogen (secondary N) is 1. The molecule has 0 unspecified atom stereocenters. The van der Waals surface area contributed by atoms with Gasteiger partial charge >= 0.3 is 0 Å². The number of halogens is 1. The molecule has 1 N–H and O–H groups in total. The SMILES string of the molecule is O=S(=O)(c1ccc2c(c1)oc1ccccc12)N1CCC(Nc2ccccc2Cl)CC1. The van der Waals surface area contributed by atoms with Gasteiger partial charge in [0.1, 0.15) is 11.2 Å². The Kier molecular flexibility index (Phi) is 4.93. The normalized spacial score (nSPS) is 16.3. The molecule has 1 saturated heterocycles. The molecule has 0 amide bonds. The fraction of sp³-hybridized carbons (Fsp3) is 0.217. The van der Waals surface area contributed by atoms with Crippen LogP contribution in [0.15, 0.2) is 76.0 Å². The first-order valence-corrected chi connectivity index (χ1v) is 11.8. The van der Waals surface area contributed by atoms with E-state index in [1.54, 1.807) is 16.4 Å². The van der Waals surface area contributed by atoms with E-state index in [1.807, 2.05) is 54.6 Å². The van der Waals surface area contributed by atoms with Crippen molar-refractivity contribution in [3.63, 3.8) is 0 Å². The van der Waals surface area contributed by atoms with Crippen LogP contribution in [0.3, 0.4) is 0 Å². The number of fused-ring (bicyclic) bond motifs is 3. The van der Waals surface area contributed by atoms with Gasteiger partial charge in [0.2, 0.25) is 10.0 Å². The van der Waals surface area contributed by atoms with Crippen LogP contribution < -0.4 is 5.32 Å². The Morgan fingerprint density at radius 3 is 2.40 bits per heavy atom. The highest BCUT2D eigenvalue weighted by Crippen LogP contribution is 2.32. The highest BCUT2D eigenvalue weighted by Gasteiger charge is 2.30. The van der Waals surface area contributed by atoms with Gasteiger partial charge in [-0.2, -0.15) is 4.31 Å². The predicted octanol–water partition coefficient (Wildman–Crippen LogP) is 5.50. The molecule has 1 fully saturated rings. The zero-order valence-corrected chi connectivity index (χ0v) is 17.8. The molecule has 4 aromatic rings. The number of benzene rings is 3. The Labute approximate surface area is 180 Å². The Morgan fingerprint density at radius 2 is 1.60 bits per heavy atom. The van der Waals surface area contributed by atoms with Crippen LogP contribution >= 0.6 is 11.6 Å². The van der Waals surface area contributed by atoms with Crippen molar-refractivity contribution in [3.05, 3.63) is 71.8 Å². The number of sulfonamides is 1. The van der Waals surface area contributed by atoms with Crippen LogP contribution in [0, 0.1) is 0 Å². The van der Waals surface area contributed by atoms with E-state index in [9.17, 15) is 8.42 Å². The maximum Gasteiger partial charge on any atom is 0.243 e. The predicted molar refractivity (Wildman–Crippen MR) is 121 cm³/mol. The molecule has 30 heavy (non-hydrogen) atoms. The molecule has 0 aliphatic carbocycles. The summed E-state index contributed by atoms with van der Waals surface area (Å²) in [6.45, 7) is 0.922. The maximum atomic E-state index is 13.2. The minimum Gasteiger partial charge on any atom is -0.456 e. The van der Waals surface area contributed by atoms with Crippen LogP contribution in [0.2, 0.25) is 5.02 Å². The van der Waals surface area contributed by atoms with Crippen molar-refractivity contribution in [1.29, 1.82) is 0 Å². The second-order valence-electron chi connectivity index (χ2n) is 7.56. The smallest absolute Gasteiger partial charge is 0.243 e. The van der Waals surface area contributed by atoms with Crippen LogP contribution in [-0.2, 0) is 10.0 Å². The maximum absolute atomic E-state index is 13.2. The van der Waals surface area contributed by atoms with Gasteiger partial charge in [0.15, 0.2) is 0 Å². The summed E-state index contributed by atoms with van der Waals surface area (Å²) < 4.78 is 33.8. The van der Waals surface area contributed by atoms with Crippen molar-refractivity contribution < 1.29 is 12.8 Å². The van der Waals surface area contributed by atoms with Crippen molar-refractivity contribution in [3.8, 4) is 0 Å². The molecule has 3 aromatic carbocycles. The number of hydrogen-bond acceptors (Lipinski definition) is 4. The van der Waals surface area contributed by atoms with Gasteiger partial charge in [0, 0.05) is 36.0 Å². The Bertz CT molecular complexity index is 1320. The fourth-order valence-corrected chi connectivity index (χ4v) is 5.73. The zero-order chi connectivity index (χ0) is 20.7. The first-order chi connectivity index (χ1) is 14.5. The molecule has 0 bridgehead atoms. The molecular weight excluding hydrogens is 420 g/mol. The number of para-hydroxylation sites is 2. The van der Waals surface area contributed by atoms with Gasteiger partial charge in [-0.25, -0.2) is 8.42 Å². The summed E-state index contributed by atoms with van der Waals surface area (Å²) in [4.78, 5) is 0.270. The second kappa shape index (κ2) is 7.61. The minimum absolute atomic E-state index is 0.189. The Morgan fingerprint density at radius 1 is 0.900 bits per heavy atom. The lowest BCUT2D eigenvalue weighted by Gasteiger charge is -2.32. The van der Waals surface area contributed by atoms with Crippen LogP contribution in [0.1, 0.15) is 12.8 Å². The highest BCUT2D eigenvalue weighted by atomic mass is 35.5. The largest absolute Gasteiger partial charge is 0.456 e. The van der Waals surface area contributed by atoms with Gasteiger partial charge in [0.25, 0.3) is 0 Å². The Hall–Kier alpha value is -2.54. The summed E-state index contributed by atoms with van der Waals surface area (Å²) in [5.41, 5.74) is 2.23. The van der Waals surface area contributed by atoms with E-state index < -0.39 is 10.0 Å². The number of anilines is 1. The lowest BCUT2D eigenvalue weighted by Crippen LogP contribution is -2.42. The number of piperidine rings is 1. The molecule has 0 saturated carbocycles. The molecule has 1 aliphatic rings. The lowest BCUT2D eigenvalue weighted by molar-refractivity contribution is 0.330. The average Bonchev–Trinajstić information content (AvgIpc) is 3.14. The van der Waals surface area contributed by atoms with Crippen LogP contribution in [0.4, 0.5) is 5.69 Å². The van der Waals surface area contributed by atoms with Gasteiger partial charge in [-0.3, -0.25) is 0 Å². The molecule has 0 spiro atoms. The second-order valence-corrected chi connectivity index (χ2v) is 9.90. The molecule has 2 heterocycles. The van der Waals surface area contributed by atoms with Crippen molar-refractivity contribution in [2.24, 2.45) is 0 Å². The lowest BCUT2D eigenvalue weighted by atomic mass is 10.1. The highest BCUT2D eigenvalue weighted by molar-refractivity contribution is 7.89. The van der Waals surface area contributed by atoms with E-state index in [1.165, 1.54) is 0 Å². The first-order valence-electron chi connectivity index (χ1n) is 9.95. The van der Waals surface area contributed by atoms with E-state index >= 15 is 0 Å². The van der Waals surface area contributed by atoms with Crippen LogP contribution in [0.5, 0.6) is 0 Å². The van der Waals surface area contributed by atoms with E-state index in [4.69, 9.17) is 16.0 Å². The van der Waals surface area contributed by atoms with E-state index in [2.05, 4.69) is 5.32 Å². The van der Waals surface area contributed by atoms with E-state index in [0.29, 0.717) is 23.7 Å². The number of hydrogen-bond donors (Lipinski definition) is 1. The summed E-state index contributed by atoms with van der Waals surface area (Å²) in [7, 11) is -3.58. The molecule has 5 nitrogen and oxygen atoms in total. The van der Waals surface area contributed by atoms with Gasteiger partial charge in [-0.15, -0.1) is 0 Å². The third kappa shape index (κ3) is 3.45. The summed E-state index contributed by atoms with van der Waals surface area (Å²) in [5.74, 6) is 0. The standard InChI is InChI=1S/C23H21ClN2O3S/c24-20-6-2-3-7-21(20)25-16-11-13-26(14-12-16)30(27,28)17-9-10-19-18-5-1-4-8-22(18)29-23(19)15-17/h1-10,15-16,25H,11-14H2. The third-order valence-corrected chi connectivity index (χ3v) is 7.90. The van der Waals surface area contributed by atoms with Crippen LogP contribution in [-0.4, -0.2) is 31.9 Å². The number of nitrogens with zero attached hydrogens (tertiary/aromatic N) is 1. The van der Waals surface area contributed by atoms with Crippen molar-refractivity contribution in [2.75, 3.05) is 18.4 Å². The molecular formula is C23H21ClN2O3S. The Balaban J connectivity index is 1.34. The average molecular weight is 441 g/mol.